The number of nitrogens with zero attached hydrogens (tertiary/aromatic N) is 5. The van der Waals surface area contributed by atoms with Gasteiger partial charge in [-0.3, -0.25) is 0 Å². The predicted octanol–water partition coefficient (Wildman–Crippen LogP) is 4.50. The maximum atomic E-state index is 14.6. The predicted molar refractivity (Wildman–Crippen MR) is 93.7 cm³/mol. The van der Waals surface area contributed by atoms with E-state index < -0.39 is 11.6 Å². The summed E-state index contributed by atoms with van der Waals surface area (Å²) in [6.07, 6.45) is 2.51. The summed E-state index contributed by atoms with van der Waals surface area (Å²) in [5, 5.41) is 4.17. The molecule has 6 nitrogen and oxygen atoms in total. The van der Waals surface area contributed by atoms with Gasteiger partial charge >= 0.3 is 0 Å². The quantitative estimate of drug-likeness (QED) is 0.483. The van der Waals surface area contributed by atoms with Crippen LogP contribution >= 0.6 is 11.6 Å². The molecule has 0 spiro atoms. The molecule has 0 atom stereocenters. The minimum Gasteiger partial charge on any atom is -0.332 e. The number of halogens is 3. The molecule has 4 aromatic heterocycles. The minimum atomic E-state index is -0.480. The van der Waals surface area contributed by atoms with E-state index >= 15 is 0 Å². The zero-order valence-corrected chi connectivity index (χ0v) is 14.6. The van der Waals surface area contributed by atoms with Crippen molar-refractivity contribution in [2.75, 3.05) is 0 Å². The van der Waals surface area contributed by atoms with Crippen LogP contribution in [0.15, 0.2) is 47.2 Å². The van der Waals surface area contributed by atoms with Crippen LogP contribution in [0.4, 0.5) is 8.78 Å². The maximum Gasteiger partial charge on any atom is 0.276 e. The molecule has 9 heteroatoms. The molecule has 27 heavy (non-hydrogen) atoms. The van der Waals surface area contributed by atoms with E-state index in [1.807, 2.05) is 0 Å². The zero-order chi connectivity index (χ0) is 19.0. The van der Waals surface area contributed by atoms with Crippen LogP contribution in [-0.4, -0.2) is 25.1 Å². The number of hydrogen-bond donors (Lipinski definition) is 0. The monoisotopic (exact) mass is 385 g/mol. The summed E-state index contributed by atoms with van der Waals surface area (Å²) in [7, 11) is 0. The molecule has 0 radical (unpaired) electrons. The van der Waals surface area contributed by atoms with Crippen molar-refractivity contribution in [2.45, 2.75) is 6.92 Å². The fourth-order valence-corrected chi connectivity index (χ4v) is 2.56. The summed E-state index contributed by atoms with van der Waals surface area (Å²) in [5.41, 5.74) is 1.62. The second-order valence-corrected chi connectivity index (χ2v) is 6.00. The van der Waals surface area contributed by atoms with Crippen LogP contribution in [-0.2, 0) is 0 Å². The van der Waals surface area contributed by atoms with Crippen LogP contribution in [0, 0.1) is 18.6 Å². The second-order valence-electron chi connectivity index (χ2n) is 5.61. The first-order valence-electron chi connectivity index (χ1n) is 7.76. The van der Waals surface area contributed by atoms with Gasteiger partial charge in [-0.2, -0.15) is 4.98 Å². The lowest BCUT2D eigenvalue weighted by atomic mass is 10.1. The van der Waals surface area contributed by atoms with Crippen LogP contribution in [0.3, 0.4) is 0 Å². The van der Waals surface area contributed by atoms with Crippen molar-refractivity contribution >= 4 is 11.6 Å². The highest BCUT2D eigenvalue weighted by molar-refractivity contribution is 6.29. The van der Waals surface area contributed by atoms with Gasteiger partial charge < -0.3 is 4.52 Å². The van der Waals surface area contributed by atoms with Crippen molar-refractivity contribution in [3.63, 3.8) is 0 Å². The fourth-order valence-electron chi connectivity index (χ4n) is 2.45. The molecule has 0 bridgehead atoms. The Morgan fingerprint density at radius 3 is 2.52 bits per heavy atom. The Labute approximate surface area is 156 Å². The Hall–Kier alpha value is -3.26. The van der Waals surface area contributed by atoms with Crippen LogP contribution in [0.1, 0.15) is 5.69 Å². The molecule has 4 heterocycles. The van der Waals surface area contributed by atoms with Crippen molar-refractivity contribution in [3.8, 4) is 34.2 Å². The molecule has 0 unspecified atom stereocenters. The van der Waals surface area contributed by atoms with Gasteiger partial charge in [-0.1, -0.05) is 16.8 Å². The van der Waals surface area contributed by atoms with Gasteiger partial charge in [0.15, 0.2) is 5.82 Å². The number of aryl methyl sites for hydroxylation is 1. The van der Waals surface area contributed by atoms with Crippen molar-refractivity contribution in [2.24, 2.45) is 0 Å². The summed E-state index contributed by atoms with van der Waals surface area (Å²) in [6, 6.07) is 7.37. The summed E-state index contributed by atoms with van der Waals surface area (Å²) in [6.45, 7) is 1.54. The van der Waals surface area contributed by atoms with Gasteiger partial charge in [-0.15, -0.1) is 0 Å². The third-order valence-electron chi connectivity index (χ3n) is 3.76. The Balaban J connectivity index is 1.76. The molecule has 0 saturated heterocycles. The smallest absolute Gasteiger partial charge is 0.276 e. The van der Waals surface area contributed by atoms with Gasteiger partial charge in [-0.05, 0) is 37.3 Å². The first kappa shape index (κ1) is 17.2. The second kappa shape index (κ2) is 6.81. The first-order valence-corrected chi connectivity index (χ1v) is 8.14. The van der Waals surface area contributed by atoms with E-state index in [1.165, 1.54) is 31.3 Å². The van der Waals surface area contributed by atoms with Crippen molar-refractivity contribution in [1.29, 1.82) is 0 Å². The van der Waals surface area contributed by atoms with Gasteiger partial charge in [0.2, 0.25) is 5.82 Å². The fraction of sp³-hybridized carbons (Fsp3) is 0.0556. The minimum absolute atomic E-state index is 0.100. The molecule has 0 saturated carbocycles. The van der Waals surface area contributed by atoms with E-state index in [1.54, 1.807) is 12.1 Å². The van der Waals surface area contributed by atoms with E-state index in [2.05, 4.69) is 25.1 Å². The Kier molecular flexibility index (Phi) is 4.33. The van der Waals surface area contributed by atoms with E-state index in [0.29, 0.717) is 22.1 Å². The summed E-state index contributed by atoms with van der Waals surface area (Å²) >= 11 is 5.79. The van der Waals surface area contributed by atoms with Gasteiger partial charge in [0.1, 0.15) is 22.4 Å². The average Bonchev–Trinajstić information content (AvgIpc) is 3.15. The highest BCUT2D eigenvalue weighted by Gasteiger charge is 2.17. The molecule has 0 aliphatic rings. The molecule has 0 aliphatic heterocycles. The average molecular weight is 386 g/mol. The summed E-state index contributed by atoms with van der Waals surface area (Å²) in [5.74, 6) is -0.701. The zero-order valence-electron chi connectivity index (χ0n) is 13.8. The van der Waals surface area contributed by atoms with E-state index in [4.69, 9.17) is 16.1 Å². The number of rotatable bonds is 3. The van der Waals surface area contributed by atoms with Crippen LogP contribution in [0.2, 0.25) is 5.15 Å². The van der Waals surface area contributed by atoms with Crippen molar-refractivity contribution < 1.29 is 13.3 Å². The third-order valence-corrected chi connectivity index (χ3v) is 3.99. The molecule has 0 N–H and O–H groups in total. The van der Waals surface area contributed by atoms with Crippen LogP contribution in [0.5, 0.6) is 0 Å². The standard InChI is InChI=1S/C18H10ClF2N5O/c1-9-16(21)12(10-2-5-15(19)23-7-10)6-14(24-9)17-25-18(27-26-17)13-4-3-11(20)8-22-13/h2-8H,1H3. The van der Waals surface area contributed by atoms with E-state index in [-0.39, 0.29) is 23.0 Å². The largest absolute Gasteiger partial charge is 0.332 e. The van der Waals surface area contributed by atoms with Crippen LogP contribution < -0.4 is 0 Å². The Bertz CT molecular complexity index is 1110. The summed E-state index contributed by atoms with van der Waals surface area (Å²) in [4.78, 5) is 16.3. The first-order chi connectivity index (χ1) is 13.0. The van der Waals surface area contributed by atoms with Gasteiger partial charge in [0, 0.05) is 17.3 Å². The SMILES string of the molecule is Cc1nc(-c2noc(-c3ccc(F)cn3)n2)cc(-c2ccc(Cl)nc2)c1F. The summed E-state index contributed by atoms with van der Waals surface area (Å²) < 4.78 is 32.7. The van der Waals surface area contributed by atoms with Gasteiger partial charge in [-0.25, -0.2) is 23.7 Å². The highest BCUT2D eigenvalue weighted by atomic mass is 35.5. The maximum absolute atomic E-state index is 14.6. The molecular formula is C18H10ClF2N5O. The number of pyridine rings is 3. The molecule has 4 rings (SSSR count). The topological polar surface area (TPSA) is 77.6 Å². The molecule has 0 aromatic carbocycles. The molecule has 0 fully saturated rings. The lowest BCUT2D eigenvalue weighted by molar-refractivity contribution is 0.430. The molecule has 4 aromatic rings. The molecular weight excluding hydrogens is 376 g/mol. The lowest BCUT2D eigenvalue weighted by Crippen LogP contribution is -1.97. The van der Waals surface area contributed by atoms with Crippen molar-refractivity contribution in [3.05, 3.63) is 65.2 Å². The highest BCUT2D eigenvalue weighted by Crippen LogP contribution is 2.29. The number of hydrogen-bond acceptors (Lipinski definition) is 6. The van der Waals surface area contributed by atoms with Gasteiger partial charge in [0.05, 0.1) is 11.9 Å². The molecule has 0 aliphatic carbocycles. The Morgan fingerprint density at radius 2 is 1.81 bits per heavy atom. The lowest BCUT2D eigenvalue weighted by Gasteiger charge is -2.07. The molecule has 134 valence electrons. The third kappa shape index (κ3) is 3.39. The normalized spacial score (nSPS) is 11.0. The van der Waals surface area contributed by atoms with Crippen molar-refractivity contribution in [1.82, 2.24) is 25.1 Å². The van der Waals surface area contributed by atoms with Crippen LogP contribution in [0.25, 0.3) is 34.2 Å². The Morgan fingerprint density at radius 1 is 0.963 bits per heavy atom. The van der Waals surface area contributed by atoms with E-state index in [0.717, 1.165) is 6.20 Å². The van der Waals surface area contributed by atoms with E-state index in [9.17, 15) is 8.78 Å². The molecule has 0 amide bonds. The van der Waals surface area contributed by atoms with Gasteiger partial charge in [0.25, 0.3) is 5.89 Å². The number of aromatic nitrogens is 5.